The van der Waals surface area contributed by atoms with Crippen LogP contribution < -0.4 is 11.0 Å². The van der Waals surface area contributed by atoms with Crippen LogP contribution in [0.2, 0.25) is 0 Å². The Balaban J connectivity index is 4.23. The average molecular weight is 264 g/mol. The van der Waals surface area contributed by atoms with Crippen LogP contribution in [0.1, 0.15) is 13.8 Å². The molecule has 0 aromatic heterocycles. The molecule has 0 heterocycles. The Kier molecular flexibility index (Phi) is 5.51. The Morgan fingerprint density at radius 1 is 0.941 bits per heavy atom. The topological polar surface area (TPSA) is 111 Å². The summed E-state index contributed by atoms with van der Waals surface area (Å²) < 4.78 is 29.8. The SMILES string of the molecule is C=C(C)C(=O)NOS(=O)(=O)ONC(=O)C(=C)C. The van der Waals surface area contributed by atoms with E-state index in [1.807, 2.05) is 0 Å². The molecule has 0 atom stereocenters. The van der Waals surface area contributed by atoms with Gasteiger partial charge < -0.3 is 0 Å². The number of hydrogen-bond donors (Lipinski definition) is 2. The lowest BCUT2D eigenvalue weighted by atomic mass is 10.3. The van der Waals surface area contributed by atoms with Crippen LogP contribution in [0.5, 0.6) is 0 Å². The fraction of sp³-hybridized carbons (Fsp3) is 0.250. The van der Waals surface area contributed by atoms with Crippen LogP contribution in [0.3, 0.4) is 0 Å². The highest BCUT2D eigenvalue weighted by Gasteiger charge is 2.17. The fourth-order valence-electron chi connectivity index (χ4n) is 0.369. The Bertz CT molecular complexity index is 417. The summed E-state index contributed by atoms with van der Waals surface area (Å²) in [6.07, 6.45) is 0. The van der Waals surface area contributed by atoms with Gasteiger partial charge in [-0.25, -0.2) is 11.0 Å². The van der Waals surface area contributed by atoms with E-state index in [2.05, 4.69) is 21.7 Å². The zero-order valence-corrected chi connectivity index (χ0v) is 10.1. The van der Waals surface area contributed by atoms with Gasteiger partial charge in [0.1, 0.15) is 0 Å². The van der Waals surface area contributed by atoms with Crippen molar-refractivity contribution in [1.82, 2.24) is 11.0 Å². The van der Waals surface area contributed by atoms with Gasteiger partial charge in [-0.15, -0.1) is 8.57 Å². The summed E-state index contributed by atoms with van der Waals surface area (Å²) in [7, 11) is -4.58. The highest BCUT2D eigenvalue weighted by molar-refractivity contribution is 7.81. The van der Waals surface area contributed by atoms with Crippen LogP contribution in [-0.2, 0) is 28.6 Å². The van der Waals surface area contributed by atoms with E-state index in [0.29, 0.717) is 0 Å². The second kappa shape index (κ2) is 6.13. The summed E-state index contributed by atoms with van der Waals surface area (Å²) in [4.78, 5) is 21.8. The Morgan fingerprint density at radius 3 is 1.47 bits per heavy atom. The molecule has 96 valence electrons. The molecule has 0 aromatic carbocycles. The van der Waals surface area contributed by atoms with Gasteiger partial charge in [-0.2, -0.15) is 8.42 Å². The molecule has 8 nitrogen and oxygen atoms in total. The highest BCUT2D eigenvalue weighted by Crippen LogP contribution is 1.94. The van der Waals surface area contributed by atoms with Gasteiger partial charge in [0.2, 0.25) is 0 Å². The third-order valence-electron chi connectivity index (χ3n) is 1.25. The molecule has 0 radical (unpaired) electrons. The van der Waals surface area contributed by atoms with Gasteiger partial charge in [0.05, 0.1) is 0 Å². The highest BCUT2D eigenvalue weighted by atomic mass is 32.3. The van der Waals surface area contributed by atoms with Crippen molar-refractivity contribution >= 4 is 22.2 Å². The largest absolute Gasteiger partial charge is 0.442 e. The van der Waals surface area contributed by atoms with Crippen LogP contribution in [0.15, 0.2) is 24.3 Å². The van der Waals surface area contributed by atoms with Gasteiger partial charge in [0.25, 0.3) is 11.8 Å². The Hall–Kier alpha value is -1.71. The summed E-state index contributed by atoms with van der Waals surface area (Å²) in [5, 5.41) is 0. The molecule has 0 aliphatic rings. The van der Waals surface area contributed by atoms with Crippen molar-refractivity contribution in [2.45, 2.75) is 13.8 Å². The van der Waals surface area contributed by atoms with Crippen molar-refractivity contribution in [3.05, 3.63) is 24.3 Å². The smallest absolute Gasteiger partial charge is 0.267 e. The molecule has 0 rings (SSSR count). The number of carbonyl (C=O) groups excluding carboxylic acids is 2. The lowest BCUT2D eigenvalue weighted by molar-refractivity contribution is -0.125. The first-order valence-electron chi connectivity index (χ1n) is 4.19. The molecule has 0 saturated heterocycles. The zero-order valence-electron chi connectivity index (χ0n) is 9.27. The van der Waals surface area contributed by atoms with Crippen molar-refractivity contribution in [3.63, 3.8) is 0 Å². The van der Waals surface area contributed by atoms with Crippen LogP contribution in [0.25, 0.3) is 0 Å². The maximum Gasteiger partial charge on any atom is 0.442 e. The van der Waals surface area contributed by atoms with Gasteiger partial charge >= 0.3 is 10.4 Å². The predicted octanol–water partition coefficient (Wildman–Crippen LogP) is -0.521. The molecule has 17 heavy (non-hydrogen) atoms. The third-order valence-corrected chi connectivity index (χ3v) is 1.82. The molecule has 0 saturated carbocycles. The maximum atomic E-state index is 11.0. The molecule has 0 aromatic rings. The predicted molar refractivity (Wildman–Crippen MR) is 57.0 cm³/mol. The molecule has 2 amide bonds. The van der Waals surface area contributed by atoms with Gasteiger partial charge in [-0.05, 0) is 13.8 Å². The van der Waals surface area contributed by atoms with Crippen molar-refractivity contribution in [3.8, 4) is 0 Å². The fourth-order valence-corrected chi connectivity index (χ4v) is 0.759. The first-order chi connectivity index (χ1) is 7.65. The van der Waals surface area contributed by atoms with Crippen molar-refractivity contribution < 1.29 is 26.6 Å². The molecule has 0 fully saturated rings. The lowest BCUT2D eigenvalue weighted by Crippen LogP contribution is -2.33. The zero-order chi connectivity index (χ0) is 13.6. The quantitative estimate of drug-likeness (QED) is 0.493. The molecular formula is C8H12N2O6S. The molecule has 9 heteroatoms. The van der Waals surface area contributed by atoms with E-state index in [0.717, 1.165) is 0 Å². The minimum absolute atomic E-state index is 0.0335. The van der Waals surface area contributed by atoms with E-state index in [-0.39, 0.29) is 11.1 Å². The number of amides is 2. The van der Waals surface area contributed by atoms with E-state index in [9.17, 15) is 18.0 Å². The Morgan fingerprint density at radius 2 is 1.24 bits per heavy atom. The number of rotatable bonds is 6. The van der Waals surface area contributed by atoms with Gasteiger partial charge in [-0.1, -0.05) is 13.2 Å². The molecule has 0 aliphatic heterocycles. The molecule has 0 aliphatic carbocycles. The summed E-state index contributed by atoms with van der Waals surface area (Å²) in [6, 6.07) is 0. The van der Waals surface area contributed by atoms with Crippen LogP contribution in [0, 0.1) is 0 Å². The molecule has 0 unspecified atom stereocenters. The Labute approximate surface area is 98.5 Å². The molecule has 0 bridgehead atoms. The van der Waals surface area contributed by atoms with E-state index >= 15 is 0 Å². The number of carbonyl (C=O) groups is 2. The molecular weight excluding hydrogens is 252 g/mol. The van der Waals surface area contributed by atoms with Crippen molar-refractivity contribution in [2.75, 3.05) is 0 Å². The second-order valence-corrected chi connectivity index (χ2v) is 4.15. The number of hydroxylamine groups is 2. The van der Waals surface area contributed by atoms with Gasteiger partial charge in [-0.3, -0.25) is 9.59 Å². The van der Waals surface area contributed by atoms with Crippen LogP contribution in [0.4, 0.5) is 0 Å². The first-order valence-corrected chi connectivity index (χ1v) is 5.52. The number of nitrogens with one attached hydrogen (secondary N) is 2. The van der Waals surface area contributed by atoms with Crippen molar-refractivity contribution in [2.24, 2.45) is 0 Å². The molecule has 2 N–H and O–H groups in total. The minimum Gasteiger partial charge on any atom is -0.267 e. The normalized spacial score (nSPS) is 10.5. The first kappa shape index (κ1) is 15.3. The summed E-state index contributed by atoms with van der Waals surface area (Å²) in [6.45, 7) is 9.17. The monoisotopic (exact) mass is 264 g/mol. The standard InChI is InChI=1S/C8H12N2O6S/c1-5(2)7(11)9-15-17(13,14)16-10-8(12)6(3)4/h1,3H2,2,4H3,(H,9,11)(H,10,12). The van der Waals surface area contributed by atoms with Crippen molar-refractivity contribution in [1.29, 1.82) is 0 Å². The van der Waals surface area contributed by atoms with E-state index < -0.39 is 22.2 Å². The summed E-state index contributed by atoms with van der Waals surface area (Å²) in [5.41, 5.74) is 3.17. The molecule has 0 spiro atoms. The lowest BCUT2D eigenvalue weighted by Gasteiger charge is -2.06. The van der Waals surface area contributed by atoms with E-state index in [1.54, 1.807) is 11.0 Å². The van der Waals surface area contributed by atoms with Crippen LogP contribution in [-0.4, -0.2) is 20.2 Å². The third kappa shape index (κ3) is 6.45. The second-order valence-electron chi connectivity index (χ2n) is 3.00. The van der Waals surface area contributed by atoms with E-state index in [1.165, 1.54) is 13.8 Å². The number of hydrogen-bond acceptors (Lipinski definition) is 6. The van der Waals surface area contributed by atoms with Crippen LogP contribution >= 0.6 is 0 Å². The van der Waals surface area contributed by atoms with Gasteiger partial charge in [0.15, 0.2) is 0 Å². The summed E-state index contributed by atoms with van der Waals surface area (Å²) in [5.74, 6) is -1.69. The minimum atomic E-state index is -4.58. The summed E-state index contributed by atoms with van der Waals surface area (Å²) >= 11 is 0. The van der Waals surface area contributed by atoms with Gasteiger partial charge in [0, 0.05) is 11.1 Å². The average Bonchev–Trinajstić information content (AvgIpc) is 2.22. The maximum absolute atomic E-state index is 11.0. The van der Waals surface area contributed by atoms with E-state index in [4.69, 9.17) is 0 Å².